The Bertz CT molecular complexity index is 1520. The monoisotopic (exact) mass is 719 g/mol. The summed E-state index contributed by atoms with van der Waals surface area (Å²) in [5, 5.41) is 6.53. The van der Waals surface area contributed by atoms with E-state index in [0.717, 1.165) is 72.9 Å². The van der Waals surface area contributed by atoms with Crippen molar-refractivity contribution < 1.29 is 17.9 Å². The first kappa shape index (κ1) is 30.3. The van der Waals surface area contributed by atoms with Gasteiger partial charge in [0.05, 0.1) is 34.8 Å². The van der Waals surface area contributed by atoms with Gasteiger partial charge in [0.15, 0.2) is 0 Å². The van der Waals surface area contributed by atoms with Gasteiger partial charge in [-0.25, -0.2) is 18.1 Å². The number of ether oxygens (including phenoxy) is 2. The van der Waals surface area contributed by atoms with Crippen LogP contribution in [0.15, 0.2) is 53.6 Å². The smallest absolute Gasteiger partial charge is 0.242 e. The van der Waals surface area contributed by atoms with Crippen LogP contribution in [0.2, 0.25) is 0 Å². The number of para-hydroxylation sites is 1. The van der Waals surface area contributed by atoms with Crippen molar-refractivity contribution >= 4 is 61.4 Å². The van der Waals surface area contributed by atoms with Crippen LogP contribution in [0, 0.1) is 9.49 Å². The van der Waals surface area contributed by atoms with Crippen molar-refractivity contribution in [3.8, 4) is 5.75 Å². The van der Waals surface area contributed by atoms with Crippen LogP contribution in [0.5, 0.6) is 5.75 Å². The molecule has 1 aliphatic carbocycles. The zero-order chi connectivity index (χ0) is 29.8. The SMILES string of the molecule is CNS(=O)(=O)c1ccccc1Nc1nc(Nc2ccc(N3CCC(N4CCOCC4)CC3)cc2OCC2CC2)ncc1I. The van der Waals surface area contributed by atoms with E-state index in [1.807, 2.05) is 6.07 Å². The molecule has 6 rings (SSSR count). The number of anilines is 5. The van der Waals surface area contributed by atoms with Gasteiger partial charge in [0.25, 0.3) is 0 Å². The Morgan fingerprint density at radius 3 is 2.51 bits per heavy atom. The van der Waals surface area contributed by atoms with Crippen molar-refractivity contribution in [1.82, 2.24) is 19.6 Å². The number of sulfonamides is 1. The van der Waals surface area contributed by atoms with E-state index >= 15 is 0 Å². The number of nitrogens with one attached hydrogen (secondary N) is 3. The first-order valence-electron chi connectivity index (χ1n) is 14.8. The average molecular weight is 720 g/mol. The van der Waals surface area contributed by atoms with Crippen molar-refractivity contribution in [1.29, 1.82) is 0 Å². The van der Waals surface area contributed by atoms with E-state index in [-0.39, 0.29) is 4.90 Å². The fourth-order valence-electron chi connectivity index (χ4n) is 5.53. The fourth-order valence-corrected chi connectivity index (χ4v) is 6.81. The molecular formula is C30H38IN7O4S. The number of morpholine rings is 1. The van der Waals surface area contributed by atoms with Gasteiger partial charge < -0.3 is 25.0 Å². The minimum atomic E-state index is -3.66. The minimum absolute atomic E-state index is 0.141. The largest absolute Gasteiger partial charge is 0.491 e. The molecule has 3 aromatic rings. The Balaban J connectivity index is 1.19. The summed E-state index contributed by atoms with van der Waals surface area (Å²) in [4.78, 5) is 14.4. The first-order chi connectivity index (χ1) is 20.9. The molecule has 43 heavy (non-hydrogen) atoms. The maximum absolute atomic E-state index is 12.6. The lowest BCUT2D eigenvalue weighted by Crippen LogP contribution is -2.49. The molecule has 0 radical (unpaired) electrons. The standard InChI is InChI=1S/C30H38IN7O4S/c1-32-43(39,40)28-5-3-2-4-26(28)34-29-24(31)19-33-30(36-29)35-25-9-8-23(18-27(25)42-20-21-6-7-21)37-12-10-22(11-13-37)38-14-16-41-17-15-38/h2-5,8-9,18-19,21-22,32H,6-7,10-17,20H2,1H3,(H2,33,34,35,36). The quantitative estimate of drug-likeness (QED) is 0.243. The summed E-state index contributed by atoms with van der Waals surface area (Å²) in [5.74, 6) is 2.27. The normalized spacial score (nSPS) is 18.4. The maximum atomic E-state index is 12.6. The van der Waals surface area contributed by atoms with Gasteiger partial charge in [-0.05, 0) is 85.5 Å². The number of aromatic nitrogens is 2. The molecule has 13 heteroatoms. The first-order valence-corrected chi connectivity index (χ1v) is 17.4. The van der Waals surface area contributed by atoms with Crippen molar-refractivity contribution in [3.63, 3.8) is 0 Å². The number of rotatable bonds is 11. The minimum Gasteiger partial charge on any atom is -0.491 e. The highest BCUT2D eigenvalue weighted by atomic mass is 127. The van der Waals surface area contributed by atoms with Gasteiger partial charge in [0.1, 0.15) is 16.5 Å². The lowest BCUT2D eigenvalue weighted by molar-refractivity contribution is 0.0115. The van der Waals surface area contributed by atoms with Crippen LogP contribution in [0.3, 0.4) is 0 Å². The number of nitrogens with zero attached hydrogens (tertiary/aromatic N) is 4. The second kappa shape index (κ2) is 13.5. The highest BCUT2D eigenvalue weighted by molar-refractivity contribution is 14.1. The highest BCUT2D eigenvalue weighted by Crippen LogP contribution is 2.36. The molecule has 3 N–H and O–H groups in total. The van der Waals surface area contributed by atoms with E-state index in [1.165, 1.54) is 19.9 Å². The molecule has 2 saturated heterocycles. The summed E-state index contributed by atoms with van der Waals surface area (Å²) in [6, 6.07) is 13.6. The van der Waals surface area contributed by atoms with Crippen molar-refractivity contribution in [2.24, 2.45) is 5.92 Å². The summed E-state index contributed by atoms with van der Waals surface area (Å²) in [6.45, 7) is 6.45. The van der Waals surface area contributed by atoms with Gasteiger partial charge in [-0.3, -0.25) is 4.90 Å². The Kier molecular flexibility index (Phi) is 9.52. The lowest BCUT2D eigenvalue weighted by Gasteiger charge is -2.41. The molecule has 0 spiro atoms. The molecular weight excluding hydrogens is 681 g/mol. The third-order valence-electron chi connectivity index (χ3n) is 8.22. The number of hydrogen-bond donors (Lipinski definition) is 3. The molecule has 2 aliphatic heterocycles. The molecule has 0 bridgehead atoms. The molecule has 0 unspecified atom stereocenters. The molecule has 2 aromatic carbocycles. The molecule has 0 amide bonds. The highest BCUT2D eigenvalue weighted by Gasteiger charge is 2.27. The number of halogens is 1. The summed E-state index contributed by atoms with van der Waals surface area (Å²) in [5.41, 5.74) is 2.37. The van der Waals surface area contributed by atoms with E-state index < -0.39 is 10.0 Å². The van der Waals surface area contributed by atoms with Gasteiger partial charge in [-0.2, -0.15) is 4.98 Å². The zero-order valence-electron chi connectivity index (χ0n) is 24.3. The number of benzene rings is 2. The van der Waals surface area contributed by atoms with Crippen LogP contribution < -0.4 is 25.0 Å². The van der Waals surface area contributed by atoms with Gasteiger partial charge in [0, 0.05) is 50.2 Å². The predicted molar refractivity (Wildman–Crippen MR) is 176 cm³/mol. The van der Waals surface area contributed by atoms with E-state index in [1.54, 1.807) is 30.5 Å². The molecule has 0 atom stereocenters. The second-order valence-corrected chi connectivity index (χ2v) is 14.2. The lowest BCUT2D eigenvalue weighted by atomic mass is 10.0. The number of hydrogen-bond acceptors (Lipinski definition) is 10. The Morgan fingerprint density at radius 1 is 1.00 bits per heavy atom. The van der Waals surface area contributed by atoms with Crippen LogP contribution in [0.4, 0.5) is 28.8 Å². The molecule has 3 heterocycles. The molecule has 3 fully saturated rings. The Labute approximate surface area is 266 Å². The van der Waals surface area contributed by atoms with E-state index in [4.69, 9.17) is 9.47 Å². The van der Waals surface area contributed by atoms with Gasteiger partial charge in [-0.1, -0.05) is 12.1 Å². The molecule has 3 aliphatic rings. The van der Waals surface area contributed by atoms with E-state index in [2.05, 4.69) is 69.8 Å². The van der Waals surface area contributed by atoms with E-state index in [0.29, 0.717) is 36.0 Å². The maximum Gasteiger partial charge on any atom is 0.242 e. The van der Waals surface area contributed by atoms with Gasteiger partial charge in [0.2, 0.25) is 16.0 Å². The Hall–Kier alpha value is -2.72. The second-order valence-electron chi connectivity index (χ2n) is 11.1. The fraction of sp³-hybridized carbons (Fsp3) is 0.467. The molecule has 11 nitrogen and oxygen atoms in total. The van der Waals surface area contributed by atoms with E-state index in [9.17, 15) is 8.42 Å². The van der Waals surface area contributed by atoms with Crippen LogP contribution in [-0.2, 0) is 14.8 Å². The molecule has 1 aromatic heterocycles. The predicted octanol–water partition coefficient (Wildman–Crippen LogP) is 4.57. The third kappa shape index (κ3) is 7.51. The third-order valence-corrected chi connectivity index (χ3v) is 10.5. The number of piperidine rings is 1. The summed E-state index contributed by atoms with van der Waals surface area (Å²) in [7, 11) is -2.27. The summed E-state index contributed by atoms with van der Waals surface area (Å²) in [6.07, 6.45) is 6.40. The van der Waals surface area contributed by atoms with Crippen LogP contribution >= 0.6 is 22.6 Å². The summed E-state index contributed by atoms with van der Waals surface area (Å²) < 4.78 is 40.1. The average Bonchev–Trinajstić information content (AvgIpc) is 3.88. The summed E-state index contributed by atoms with van der Waals surface area (Å²) >= 11 is 2.14. The molecule has 1 saturated carbocycles. The molecule has 230 valence electrons. The van der Waals surface area contributed by atoms with Crippen molar-refractivity contribution in [2.45, 2.75) is 36.6 Å². The van der Waals surface area contributed by atoms with Crippen LogP contribution in [-0.4, -0.2) is 82.4 Å². The van der Waals surface area contributed by atoms with Crippen LogP contribution in [0.25, 0.3) is 0 Å². The van der Waals surface area contributed by atoms with Gasteiger partial charge >= 0.3 is 0 Å². The van der Waals surface area contributed by atoms with Crippen molar-refractivity contribution in [2.75, 3.05) is 68.6 Å². The van der Waals surface area contributed by atoms with Gasteiger partial charge in [-0.15, -0.1) is 0 Å². The van der Waals surface area contributed by atoms with Crippen molar-refractivity contribution in [3.05, 3.63) is 52.2 Å². The van der Waals surface area contributed by atoms with Crippen LogP contribution in [0.1, 0.15) is 25.7 Å². The topological polar surface area (TPSA) is 121 Å². The Morgan fingerprint density at radius 2 is 1.77 bits per heavy atom. The zero-order valence-corrected chi connectivity index (χ0v) is 27.2.